The molecule has 0 bridgehead atoms. The van der Waals surface area contributed by atoms with Crippen molar-refractivity contribution in [1.29, 1.82) is 0 Å². The molecule has 0 saturated heterocycles. The van der Waals surface area contributed by atoms with Crippen molar-refractivity contribution < 1.29 is 4.79 Å². The average Bonchev–Trinajstić information content (AvgIpc) is 2.18. The van der Waals surface area contributed by atoms with Gasteiger partial charge in [-0.05, 0) is 42.4 Å². The Balaban J connectivity index is 2.31. The third-order valence-electron chi connectivity index (χ3n) is 2.97. The van der Waals surface area contributed by atoms with Crippen LogP contribution in [0.5, 0.6) is 0 Å². The van der Waals surface area contributed by atoms with Crippen LogP contribution in [0, 0.1) is 5.92 Å². The summed E-state index contributed by atoms with van der Waals surface area (Å²) in [5.74, 6) is 0.989. The molecule has 0 heterocycles. The first kappa shape index (κ1) is 10.4. The molecule has 0 unspecified atom stereocenters. The zero-order chi connectivity index (χ0) is 10.8. The summed E-state index contributed by atoms with van der Waals surface area (Å²) in [6.45, 7) is 4.42. The maximum Gasteiger partial charge on any atom is 0.163 e. The molecule has 0 spiro atoms. The smallest absolute Gasteiger partial charge is 0.163 e. The Morgan fingerprint density at radius 1 is 1.27 bits per heavy atom. The predicted octanol–water partition coefficient (Wildman–Crippen LogP) is 3.40. The molecule has 1 nitrogen and oxygen atoms in total. The van der Waals surface area contributed by atoms with Gasteiger partial charge in [-0.2, -0.15) is 0 Å². The van der Waals surface area contributed by atoms with Gasteiger partial charge in [0.2, 0.25) is 0 Å². The highest BCUT2D eigenvalue weighted by atomic mass is 16.1. The maximum atomic E-state index is 11.7. The Labute approximate surface area is 91.5 Å². The van der Waals surface area contributed by atoms with Crippen molar-refractivity contribution in [3.8, 4) is 0 Å². The Hall–Kier alpha value is -1.11. The second-order valence-electron chi connectivity index (χ2n) is 4.87. The first-order chi connectivity index (χ1) is 7.16. The van der Waals surface area contributed by atoms with Crippen LogP contribution in [-0.2, 0) is 12.8 Å². The van der Waals surface area contributed by atoms with Gasteiger partial charge in [0.05, 0.1) is 0 Å². The van der Waals surface area contributed by atoms with Gasteiger partial charge in [-0.1, -0.05) is 26.0 Å². The molecule has 2 rings (SSSR count). The van der Waals surface area contributed by atoms with Crippen molar-refractivity contribution in [1.82, 2.24) is 0 Å². The molecule has 15 heavy (non-hydrogen) atoms. The van der Waals surface area contributed by atoms with Gasteiger partial charge in [0.1, 0.15) is 0 Å². The van der Waals surface area contributed by atoms with Crippen LogP contribution >= 0.6 is 0 Å². The lowest BCUT2D eigenvalue weighted by Crippen LogP contribution is -2.11. The average molecular weight is 202 g/mol. The van der Waals surface area contributed by atoms with Crippen molar-refractivity contribution in [2.75, 3.05) is 0 Å². The molecule has 0 N–H and O–H groups in total. The lowest BCUT2D eigenvalue weighted by Gasteiger charge is -2.16. The van der Waals surface area contributed by atoms with Gasteiger partial charge in [-0.3, -0.25) is 4.79 Å². The molecule has 0 atom stereocenters. The highest BCUT2D eigenvalue weighted by molar-refractivity contribution is 5.98. The van der Waals surface area contributed by atoms with Gasteiger partial charge < -0.3 is 0 Å². The fraction of sp³-hybridized carbons (Fsp3) is 0.500. The quantitative estimate of drug-likeness (QED) is 0.718. The molecular formula is C14H18O. The maximum absolute atomic E-state index is 11.7. The van der Waals surface area contributed by atoms with Gasteiger partial charge in [0.15, 0.2) is 5.78 Å². The zero-order valence-electron chi connectivity index (χ0n) is 9.55. The number of benzene rings is 1. The second kappa shape index (κ2) is 4.18. The predicted molar refractivity (Wildman–Crippen MR) is 62.3 cm³/mol. The summed E-state index contributed by atoms with van der Waals surface area (Å²) in [7, 11) is 0. The summed E-state index contributed by atoms with van der Waals surface area (Å²) in [5.41, 5.74) is 3.54. The Morgan fingerprint density at radius 2 is 2.07 bits per heavy atom. The number of carbonyl (C=O) groups is 1. The number of hydrogen-bond acceptors (Lipinski definition) is 1. The Kier molecular flexibility index (Phi) is 2.90. The minimum absolute atomic E-state index is 0.335. The van der Waals surface area contributed by atoms with Crippen LogP contribution in [0.15, 0.2) is 18.2 Å². The first-order valence-electron chi connectivity index (χ1n) is 5.82. The molecule has 1 aliphatic carbocycles. The third kappa shape index (κ3) is 2.28. The molecule has 1 aliphatic rings. The first-order valence-corrected chi connectivity index (χ1v) is 5.82. The molecule has 0 aliphatic heterocycles. The summed E-state index contributed by atoms with van der Waals surface area (Å²) < 4.78 is 0. The van der Waals surface area contributed by atoms with E-state index in [9.17, 15) is 4.79 Å². The highest BCUT2D eigenvalue weighted by Gasteiger charge is 2.17. The lowest BCUT2D eigenvalue weighted by molar-refractivity contribution is 0.0972. The van der Waals surface area contributed by atoms with Crippen LogP contribution < -0.4 is 0 Å². The number of hydrogen-bond donors (Lipinski definition) is 0. The van der Waals surface area contributed by atoms with Crippen LogP contribution in [0.3, 0.4) is 0 Å². The number of fused-ring (bicyclic) bond motifs is 1. The summed E-state index contributed by atoms with van der Waals surface area (Å²) in [6, 6.07) is 6.43. The van der Waals surface area contributed by atoms with Gasteiger partial charge in [0, 0.05) is 12.0 Å². The Bertz CT molecular complexity index is 377. The van der Waals surface area contributed by atoms with Crippen molar-refractivity contribution in [2.45, 2.75) is 39.5 Å². The van der Waals surface area contributed by atoms with Crippen molar-refractivity contribution in [3.05, 3.63) is 34.9 Å². The molecule has 0 saturated carbocycles. The van der Waals surface area contributed by atoms with E-state index < -0.39 is 0 Å². The topological polar surface area (TPSA) is 17.1 Å². The SMILES string of the molecule is CC(C)Cc1ccc2c(c1)C(=O)CCC2. The largest absolute Gasteiger partial charge is 0.294 e. The number of aryl methyl sites for hydroxylation is 1. The van der Waals surface area contributed by atoms with Gasteiger partial charge in [-0.25, -0.2) is 0 Å². The van der Waals surface area contributed by atoms with Gasteiger partial charge in [-0.15, -0.1) is 0 Å². The molecule has 0 aromatic heterocycles. The summed E-state index contributed by atoms with van der Waals surface area (Å²) in [6.07, 6.45) is 3.90. The molecular weight excluding hydrogens is 184 g/mol. The fourth-order valence-electron chi connectivity index (χ4n) is 2.27. The van der Waals surface area contributed by atoms with E-state index in [1.165, 1.54) is 11.1 Å². The van der Waals surface area contributed by atoms with E-state index >= 15 is 0 Å². The van der Waals surface area contributed by atoms with E-state index in [1.807, 2.05) is 0 Å². The molecule has 1 aromatic rings. The molecule has 1 heteroatoms. The van der Waals surface area contributed by atoms with Gasteiger partial charge in [0.25, 0.3) is 0 Å². The molecule has 80 valence electrons. The number of rotatable bonds is 2. The van der Waals surface area contributed by atoms with Crippen molar-refractivity contribution >= 4 is 5.78 Å². The van der Waals surface area contributed by atoms with E-state index in [-0.39, 0.29) is 0 Å². The summed E-state index contributed by atoms with van der Waals surface area (Å²) in [4.78, 5) is 11.7. The zero-order valence-corrected chi connectivity index (χ0v) is 9.55. The van der Waals surface area contributed by atoms with E-state index in [1.54, 1.807) is 0 Å². The van der Waals surface area contributed by atoms with Crippen LogP contribution in [-0.4, -0.2) is 5.78 Å². The number of Topliss-reactive ketones (excluding diaryl/α,β-unsaturated/α-hetero) is 1. The van der Waals surface area contributed by atoms with E-state index in [0.717, 1.165) is 31.2 Å². The lowest BCUT2D eigenvalue weighted by atomic mass is 9.88. The second-order valence-corrected chi connectivity index (χ2v) is 4.87. The molecule has 1 aromatic carbocycles. The van der Waals surface area contributed by atoms with Crippen LogP contribution in [0.2, 0.25) is 0 Å². The minimum Gasteiger partial charge on any atom is -0.294 e. The molecule has 0 fully saturated rings. The van der Waals surface area contributed by atoms with E-state index in [4.69, 9.17) is 0 Å². The summed E-state index contributed by atoms with van der Waals surface area (Å²) >= 11 is 0. The number of ketones is 1. The normalized spacial score (nSPS) is 15.5. The fourth-order valence-corrected chi connectivity index (χ4v) is 2.27. The summed E-state index contributed by atoms with van der Waals surface area (Å²) in [5, 5.41) is 0. The van der Waals surface area contributed by atoms with Crippen LogP contribution in [0.25, 0.3) is 0 Å². The van der Waals surface area contributed by atoms with Crippen LogP contribution in [0.4, 0.5) is 0 Å². The highest BCUT2D eigenvalue weighted by Crippen LogP contribution is 2.23. The van der Waals surface area contributed by atoms with Crippen molar-refractivity contribution in [2.24, 2.45) is 5.92 Å². The number of carbonyl (C=O) groups excluding carboxylic acids is 1. The van der Waals surface area contributed by atoms with E-state index in [2.05, 4.69) is 32.0 Å². The van der Waals surface area contributed by atoms with Gasteiger partial charge >= 0.3 is 0 Å². The third-order valence-corrected chi connectivity index (χ3v) is 2.97. The van der Waals surface area contributed by atoms with Crippen LogP contribution in [0.1, 0.15) is 48.2 Å². The van der Waals surface area contributed by atoms with E-state index in [0.29, 0.717) is 11.7 Å². The molecule has 0 radical (unpaired) electrons. The van der Waals surface area contributed by atoms with Crippen molar-refractivity contribution in [3.63, 3.8) is 0 Å². The minimum atomic E-state index is 0.335. The monoisotopic (exact) mass is 202 g/mol. The molecule has 0 amide bonds. The Morgan fingerprint density at radius 3 is 2.80 bits per heavy atom. The standard InChI is InChI=1S/C14H18O/c1-10(2)8-11-6-7-12-4-3-5-14(15)13(12)9-11/h6-7,9-10H,3-5,8H2,1-2H3.